The standard InChI is InChI=1S/C8H13N5O/c1-4-2-3-5(4)10-7(14)6-11-8(9)13-12-6/h4-5H,2-3H2,1H3,(H,10,14)(H3,9,11,12,13). The Morgan fingerprint density at radius 2 is 2.43 bits per heavy atom. The van der Waals surface area contributed by atoms with Crippen LogP contribution >= 0.6 is 0 Å². The third-order valence-corrected chi connectivity index (χ3v) is 2.65. The predicted molar refractivity (Wildman–Crippen MR) is 50.4 cm³/mol. The van der Waals surface area contributed by atoms with E-state index >= 15 is 0 Å². The second-order valence-corrected chi connectivity index (χ2v) is 3.68. The van der Waals surface area contributed by atoms with Crippen LogP contribution in [0, 0.1) is 5.92 Å². The number of nitrogen functional groups attached to an aromatic ring is 1. The number of aromatic nitrogens is 3. The molecule has 2 unspecified atom stereocenters. The summed E-state index contributed by atoms with van der Waals surface area (Å²) in [6.07, 6.45) is 2.21. The average molecular weight is 195 g/mol. The molecular formula is C8H13N5O. The first-order valence-corrected chi connectivity index (χ1v) is 4.65. The van der Waals surface area contributed by atoms with Crippen LogP contribution in [0.2, 0.25) is 0 Å². The Labute approximate surface area is 81.3 Å². The van der Waals surface area contributed by atoms with Crippen molar-refractivity contribution in [3.63, 3.8) is 0 Å². The molecule has 0 saturated heterocycles. The molecule has 1 aromatic rings. The van der Waals surface area contributed by atoms with Crippen molar-refractivity contribution in [3.05, 3.63) is 5.82 Å². The van der Waals surface area contributed by atoms with E-state index in [4.69, 9.17) is 5.73 Å². The van der Waals surface area contributed by atoms with Gasteiger partial charge in [0.2, 0.25) is 11.8 Å². The van der Waals surface area contributed by atoms with Gasteiger partial charge in [-0.2, -0.15) is 4.98 Å². The molecule has 1 heterocycles. The largest absolute Gasteiger partial charge is 0.366 e. The number of nitrogens with zero attached hydrogens (tertiary/aromatic N) is 2. The lowest BCUT2D eigenvalue weighted by molar-refractivity contribution is 0.0874. The summed E-state index contributed by atoms with van der Waals surface area (Å²) in [6.45, 7) is 2.11. The number of nitrogens with one attached hydrogen (secondary N) is 2. The molecule has 0 aromatic carbocycles. The van der Waals surface area contributed by atoms with Crippen molar-refractivity contribution in [3.8, 4) is 0 Å². The average Bonchev–Trinajstić information content (AvgIpc) is 2.58. The third-order valence-electron chi connectivity index (χ3n) is 2.65. The molecule has 0 spiro atoms. The monoisotopic (exact) mass is 195 g/mol. The Balaban J connectivity index is 1.95. The summed E-state index contributed by atoms with van der Waals surface area (Å²) in [6, 6.07) is 0.272. The van der Waals surface area contributed by atoms with E-state index in [1.54, 1.807) is 0 Å². The maximum absolute atomic E-state index is 11.5. The molecule has 1 fully saturated rings. The van der Waals surface area contributed by atoms with E-state index in [9.17, 15) is 4.79 Å². The number of H-pyrrole nitrogens is 1. The molecule has 1 aliphatic carbocycles. The molecule has 2 rings (SSSR count). The van der Waals surface area contributed by atoms with Crippen molar-refractivity contribution in [2.24, 2.45) is 5.92 Å². The molecule has 1 aromatic heterocycles. The van der Waals surface area contributed by atoms with Crippen LogP contribution in [0.25, 0.3) is 0 Å². The molecule has 2 atom stereocenters. The molecule has 0 radical (unpaired) electrons. The Hall–Kier alpha value is -1.59. The van der Waals surface area contributed by atoms with Crippen LogP contribution in [-0.2, 0) is 0 Å². The number of anilines is 1. The van der Waals surface area contributed by atoms with Gasteiger partial charge in [-0.25, -0.2) is 0 Å². The summed E-state index contributed by atoms with van der Waals surface area (Å²) in [7, 11) is 0. The highest BCUT2D eigenvalue weighted by molar-refractivity contribution is 5.90. The quantitative estimate of drug-likeness (QED) is 0.614. The number of rotatable bonds is 2. The molecule has 4 N–H and O–H groups in total. The maximum atomic E-state index is 11.5. The van der Waals surface area contributed by atoms with Gasteiger partial charge in [0.05, 0.1) is 0 Å². The summed E-state index contributed by atoms with van der Waals surface area (Å²) >= 11 is 0. The van der Waals surface area contributed by atoms with Crippen LogP contribution in [-0.4, -0.2) is 27.1 Å². The van der Waals surface area contributed by atoms with Crippen LogP contribution < -0.4 is 11.1 Å². The zero-order valence-electron chi connectivity index (χ0n) is 7.95. The van der Waals surface area contributed by atoms with Crippen LogP contribution in [0.1, 0.15) is 30.4 Å². The number of hydrogen-bond acceptors (Lipinski definition) is 4. The minimum Gasteiger partial charge on any atom is -0.366 e. The number of aromatic amines is 1. The fourth-order valence-electron chi connectivity index (χ4n) is 1.49. The number of amides is 1. The molecule has 0 aliphatic heterocycles. The molecule has 1 aliphatic rings. The van der Waals surface area contributed by atoms with Crippen molar-refractivity contribution in [1.29, 1.82) is 0 Å². The zero-order valence-corrected chi connectivity index (χ0v) is 7.95. The summed E-state index contributed by atoms with van der Waals surface area (Å²) in [5, 5.41) is 8.93. The highest BCUT2D eigenvalue weighted by Crippen LogP contribution is 2.26. The van der Waals surface area contributed by atoms with E-state index < -0.39 is 0 Å². The smallest absolute Gasteiger partial charge is 0.288 e. The van der Waals surface area contributed by atoms with Gasteiger partial charge in [-0.1, -0.05) is 6.92 Å². The molecule has 6 heteroatoms. The first-order chi connectivity index (χ1) is 6.66. The predicted octanol–water partition coefficient (Wildman–Crippen LogP) is -0.0848. The first kappa shape index (κ1) is 8.98. The normalized spacial score (nSPS) is 25.5. The van der Waals surface area contributed by atoms with E-state index in [-0.39, 0.29) is 23.7 Å². The van der Waals surface area contributed by atoms with Gasteiger partial charge in [0.15, 0.2) is 0 Å². The SMILES string of the molecule is CC1CCC1NC(=O)c1nc(N)n[nH]1. The second kappa shape index (κ2) is 3.28. The number of carbonyl (C=O) groups excluding carboxylic acids is 1. The minimum atomic E-state index is -0.231. The van der Waals surface area contributed by atoms with Gasteiger partial charge in [0.1, 0.15) is 0 Å². The maximum Gasteiger partial charge on any atom is 0.288 e. The van der Waals surface area contributed by atoms with Crippen LogP contribution in [0.15, 0.2) is 0 Å². The van der Waals surface area contributed by atoms with Crippen LogP contribution in [0.5, 0.6) is 0 Å². The Morgan fingerprint density at radius 1 is 1.64 bits per heavy atom. The molecule has 1 saturated carbocycles. The third kappa shape index (κ3) is 1.55. The fourth-order valence-corrected chi connectivity index (χ4v) is 1.49. The number of hydrogen-bond donors (Lipinski definition) is 3. The van der Waals surface area contributed by atoms with Crippen molar-refractivity contribution in [2.45, 2.75) is 25.8 Å². The summed E-state index contributed by atoms with van der Waals surface area (Å²) in [4.78, 5) is 15.3. The van der Waals surface area contributed by atoms with E-state index in [2.05, 4.69) is 27.4 Å². The van der Waals surface area contributed by atoms with Crippen molar-refractivity contribution in [2.75, 3.05) is 5.73 Å². The molecule has 0 bridgehead atoms. The molecule has 1 amide bonds. The Kier molecular flexibility index (Phi) is 2.11. The van der Waals surface area contributed by atoms with Crippen molar-refractivity contribution < 1.29 is 4.79 Å². The van der Waals surface area contributed by atoms with E-state index in [1.165, 1.54) is 6.42 Å². The lowest BCUT2D eigenvalue weighted by Gasteiger charge is -2.33. The van der Waals surface area contributed by atoms with Crippen molar-refractivity contribution >= 4 is 11.9 Å². The topological polar surface area (TPSA) is 96.7 Å². The van der Waals surface area contributed by atoms with E-state index in [1.807, 2.05) is 0 Å². The summed E-state index contributed by atoms with van der Waals surface area (Å²) in [5.74, 6) is 0.600. The van der Waals surface area contributed by atoms with Gasteiger partial charge >= 0.3 is 0 Å². The molecule has 14 heavy (non-hydrogen) atoms. The van der Waals surface area contributed by atoms with Gasteiger partial charge in [0, 0.05) is 6.04 Å². The van der Waals surface area contributed by atoms with Gasteiger partial charge in [0.25, 0.3) is 5.91 Å². The summed E-state index contributed by atoms with van der Waals surface area (Å²) < 4.78 is 0. The van der Waals surface area contributed by atoms with E-state index in [0.29, 0.717) is 5.92 Å². The van der Waals surface area contributed by atoms with Gasteiger partial charge in [-0.05, 0) is 18.8 Å². The van der Waals surface area contributed by atoms with Crippen LogP contribution in [0.3, 0.4) is 0 Å². The number of nitrogens with two attached hydrogens (primary N) is 1. The highest BCUT2D eigenvalue weighted by Gasteiger charge is 2.28. The van der Waals surface area contributed by atoms with Gasteiger partial charge < -0.3 is 11.1 Å². The highest BCUT2D eigenvalue weighted by atomic mass is 16.2. The second-order valence-electron chi connectivity index (χ2n) is 3.68. The Bertz CT molecular complexity index is 347. The fraction of sp³-hybridized carbons (Fsp3) is 0.625. The van der Waals surface area contributed by atoms with Gasteiger partial charge in [-0.3, -0.25) is 9.89 Å². The van der Waals surface area contributed by atoms with Crippen molar-refractivity contribution in [1.82, 2.24) is 20.5 Å². The molecular weight excluding hydrogens is 182 g/mol. The zero-order chi connectivity index (χ0) is 10.1. The minimum absolute atomic E-state index is 0.0943. The Morgan fingerprint density at radius 3 is 2.86 bits per heavy atom. The lowest BCUT2D eigenvalue weighted by Crippen LogP contribution is -2.45. The van der Waals surface area contributed by atoms with E-state index in [0.717, 1.165) is 6.42 Å². The summed E-state index contributed by atoms with van der Waals surface area (Å²) in [5.41, 5.74) is 5.29. The van der Waals surface area contributed by atoms with Crippen LogP contribution in [0.4, 0.5) is 5.95 Å². The lowest BCUT2D eigenvalue weighted by atomic mass is 9.81. The number of carbonyl (C=O) groups is 1. The van der Waals surface area contributed by atoms with Gasteiger partial charge in [-0.15, -0.1) is 5.10 Å². The molecule has 6 nitrogen and oxygen atoms in total. The molecule has 76 valence electrons. The first-order valence-electron chi connectivity index (χ1n) is 4.65.